The molecule has 4 rings (SSSR count). The zero-order chi connectivity index (χ0) is 18.6. The van der Waals surface area contributed by atoms with Crippen molar-refractivity contribution in [1.82, 2.24) is 9.80 Å². The summed E-state index contributed by atoms with van der Waals surface area (Å²) in [5.74, 6) is 1.10. The number of rotatable bonds is 4. The lowest BCUT2D eigenvalue weighted by Crippen LogP contribution is -2.51. The van der Waals surface area contributed by atoms with Gasteiger partial charge in [0.05, 0.1) is 6.42 Å². The van der Waals surface area contributed by atoms with Crippen molar-refractivity contribution in [2.75, 3.05) is 26.2 Å². The van der Waals surface area contributed by atoms with E-state index in [0.717, 1.165) is 12.0 Å². The van der Waals surface area contributed by atoms with Crippen LogP contribution in [0, 0.1) is 5.92 Å². The largest absolute Gasteiger partial charge is 0.339 e. The Hall–Kier alpha value is -1.84. The summed E-state index contributed by atoms with van der Waals surface area (Å²) >= 11 is 0. The first kappa shape index (κ1) is 18.5. The van der Waals surface area contributed by atoms with Crippen LogP contribution in [0.1, 0.15) is 61.6 Å². The second-order valence-electron chi connectivity index (χ2n) is 8.60. The maximum absolute atomic E-state index is 12.7. The van der Waals surface area contributed by atoms with Crippen LogP contribution in [-0.4, -0.2) is 47.8 Å². The van der Waals surface area contributed by atoms with E-state index in [0.29, 0.717) is 50.8 Å². The molecule has 0 aromatic heterocycles. The molecule has 0 unspecified atom stereocenters. The van der Waals surface area contributed by atoms with Crippen molar-refractivity contribution in [1.29, 1.82) is 0 Å². The SMILES string of the molecule is O=C(Cc1ccc2c(c1)CCCC2)N1CCN(C(=O)CC2CCCC2)CC1. The van der Waals surface area contributed by atoms with E-state index in [1.807, 2.05) is 9.80 Å². The molecule has 3 aliphatic rings. The Morgan fingerprint density at radius 2 is 1.44 bits per heavy atom. The maximum Gasteiger partial charge on any atom is 0.227 e. The quantitative estimate of drug-likeness (QED) is 0.818. The van der Waals surface area contributed by atoms with Gasteiger partial charge in [0.2, 0.25) is 11.8 Å². The summed E-state index contributed by atoms with van der Waals surface area (Å²) < 4.78 is 0. The van der Waals surface area contributed by atoms with Gasteiger partial charge in [-0.3, -0.25) is 9.59 Å². The minimum absolute atomic E-state index is 0.202. The number of hydrogen-bond acceptors (Lipinski definition) is 2. The van der Waals surface area contributed by atoms with Gasteiger partial charge in [0, 0.05) is 32.6 Å². The monoisotopic (exact) mass is 368 g/mol. The van der Waals surface area contributed by atoms with Crippen LogP contribution >= 0.6 is 0 Å². The van der Waals surface area contributed by atoms with Crippen LogP contribution in [0.5, 0.6) is 0 Å². The molecule has 146 valence electrons. The number of nitrogens with zero attached hydrogens (tertiary/aromatic N) is 2. The lowest BCUT2D eigenvalue weighted by molar-refractivity contribution is -0.139. The number of benzene rings is 1. The fourth-order valence-corrected chi connectivity index (χ4v) is 4.98. The third kappa shape index (κ3) is 4.53. The van der Waals surface area contributed by atoms with E-state index in [-0.39, 0.29) is 5.91 Å². The van der Waals surface area contributed by atoms with Crippen molar-refractivity contribution in [2.45, 2.75) is 64.2 Å². The summed E-state index contributed by atoms with van der Waals surface area (Å²) in [6.07, 6.45) is 11.1. The van der Waals surface area contributed by atoms with Gasteiger partial charge in [-0.2, -0.15) is 0 Å². The molecule has 1 saturated carbocycles. The highest BCUT2D eigenvalue weighted by molar-refractivity contribution is 5.80. The number of amides is 2. The Kier molecular flexibility index (Phi) is 5.80. The molecular weight excluding hydrogens is 336 g/mol. The third-order valence-corrected chi connectivity index (χ3v) is 6.69. The highest BCUT2D eigenvalue weighted by atomic mass is 16.2. The van der Waals surface area contributed by atoms with Gasteiger partial charge in [-0.25, -0.2) is 0 Å². The minimum atomic E-state index is 0.202. The molecule has 4 nitrogen and oxygen atoms in total. The molecule has 2 amide bonds. The normalized spacial score (nSPS) is 20.6. The molecule has 1 saturated heterocycles. The predicted molar refractivity (Wildman–Crippen MR) is 107 cm³/mol. The molecule has 1 aromatic rings. The topological polar surface area (TPSA) is 40.6 Å². The van der Waals surface area contributed by atoms with Crippen LogP contribution in [0.2, 0.25) is 0 Å². The van der Waals surface area contributed by atoms with Crippen molar-refractivity contribution in [3.05, 3.63) is 34.9 Å². The van der Waals surface area contributed by atoms with Crippen molar-refractivity contribution in [2.24, 2.45) is 5.92 Å². The van der Waals surface area contributed by atoms with Gasteiger partial charge >= 0.3 is 0 Å². The smallest absolute Gasteiger partial charge is 0.227 e. The van der Waals surface area contributed by atoms with Gasteiger partial charge in [0.25, 0.3) is 0 Å². The van der Waals surface area contributed by atoms with Gasteiger partial charge in [-0.1, -0.05) is 31.0 Å². The van der Waals surface area contributed by atoms with Gasteiger partial charge < -0.3 is 9.80 Å². The zero-order valence-electron chi connectivity index (χ0n) is 16.4. The van der Waals surface area contributed by atoms with E-state index in [2.05, 4.69) is 18.2 Å². The van der Waals surface area contributed by atoms with Crippen molar-refractivity contribution >= 4 is 11.8 Å². The number of piperazine rings is 1. The molecular formula is C23H32N2O2. The minimum Gasteiger partial charge on any atom is -0.339 e. The van der Waals surface area contributed by atoms with Crippen molar-refractivity contribution in [3.63, 3.8) is 0 Å². The molecule has 4 heteroatoms. The Bertz CT molecular complexity index is 686. The first-order valence-electron chi connectivity index (χ1n) is 10.9. The van der Waals surface area contributed by atoms with Crippen LogP contribution in [0.4, 0.5) is 0 Å². The second-order valence-corrected chi connectivity index (χ2v) is 8.60. The van der Waals surface area contributed by atoms with Gasteiger partial charge in [0.1, 0.15) is 0 Å². The summed E-state index contributed by atoms with van der Waals surface area (Å²) in [5.41, 5.74) is 4.04. The number of fused-ring (bicyclic) bond motifs is 1. The molecule has 1 aromatic carbocycles. The molecule has 0 spiro atoms. The predicted octanol–water partition coefficient (Wildman–Crippen LogP) is 3.36. The first-order chi connectivity index (χ1) is 13.2. The van der Waals surface area contributed by atoms with Crippen LogP contribution in [0.25, 0.3) is 0 Å². The molecule has 27 heavy (non-hydrogen) atoms. The number of carbonyl (C=O) groups excluding carboxylic acids is 2. The van der Waals surface area contributed by atoms with Gasteiger partial charge in [-0.05, 0) is 61.1 Å². The van der Waals surface area contributed by atoms with Crippen LogP contribution in [0.15, 0.2) is 18.2 Å². The summed E-state index contributed by atoms with van der Waals surface area (Å²) in [7, 11) is 0. The van der Waals surface area contributed by atoms with E-state index in [1.54, 1.807) is 0 Å². The Morgan fingerprint density at radius 1 is 0.815 bits per heavy atom. The fourth-order valence-electron chi connectivity index (χ4n) is 4.98. The molecule has 0 N–H and O–H groups in total. The Morgan fingerprint density at radius 3 is 2.15 bits per heavy atom. The lowest BCUT2D eigenvalue weighted by Gasteiger charge is -2.35. The molecule has 2 aliphatic carbocycles. The average molecular weight is 369 g/mol. The fraction of sp³-hybridized carbons (Fsp3) is 0.652. The van der Waals surface area contributed by atoms with Gasteiger partial charge in [-0.15, -0.1) is 0 Å². The molecule has 2 fully saturated rings. The van der Waals surface area contributed by atoms with Crippen molar-refractivity contribution in [3.8, 4) is 0 Å². The molecule has 0 atom stereocenters. The number of aryl methyl sites for hydroxylation is 2. The second kappa shape index (κ2) is 8.45. The lowest BCUT2D eigenvalue weighted by atomic mass is 9.90. The Labute approximate surface area is 162 Å². The Balaban J connectivity index is 1.26. The summed E-state index contributed by atoms with van der Waals surface area (Å²) in [6.45, 7) is 2.75. The highest BCUT2D eigenvalue weighted by Crippen LogP contribution is 2.28. The van der Waals surface area contributed by atoms with E-state index in [4.69, 9.17) is 0 Å². The molecule has 1 heterocycles. The molecule has 1 aliphatic heterocycles. The number of carbonyl (C=O) groups is 2. The van der Waals surface area contributed by atoms with E-state index < -0.39 is 0 Å². The summed E-state index contributed by atoms with van der Waals surface area (Å²) in [5, 5.41) is 0. The zero-order valence-corrected chi connectivity index (χ0v) is 16.4. The standard InChI is InChI=1S/C23H32N2O2/c26-22(16-18-5-1-2-6-18)24-11-13-25(14-12-24)23(27)17-19-9-10-20-7-3-4-8-21(20)15-19/h9-10,15,18H,1-8,11-14,16-17H2. The van der Waals surface area contributed by atoms with Gasteiger partial charge in [0.15, 0.2) is 0 Å². The summed E-state index contributed by atoms with van der Waals surface area (Å²) in [4.78, 5) is 29.1. The number of hydrogen-bond donors (Lipinski definition) is 0. The third-order valence-electron chi connectivity index (χ3n) is 6.69. The average Bonchev–Trinajstić information content (AvgIpc) is 3.21. The van der Waals surface area contributed by atoms with Crippen molar-refractivity contribution < 1.29 is 9.59 Å². The van der Waals surface area contributed by atoms with Crippen LogP contribution in [0.3, 0.4) is 0 Å². The highest BCUT2D eigenvalue weighted by Gasteiger charge is 2.26. The van der Waals surface area contributed by atoms with Crippen LogP contribution in [-0.2, 0) is 28.9 Å². The maximum atomic E-state index is 12.7. The van der Waals surface area contributed by atoms with Crippen LogP contribution < -0.4 is 0 Å². The molecule has 0 radical (unpaired) electrons. The molecule has 0 bridgehead atoms. The van der Waals surface area contributed by atoms with E-state index in [1.165, 1.54) is 56.1 Å². The first-order valence-corrected chi connectivity index (χ1v) is 10.9. The summed E-state index contributed by atoms with van der Waals surface area (Å²) in [6, 6.07) is 6.59. The van der Waals surface area contributed by atoms with E-state index >= 15 is 0 Å². The van der Waals surface area contributed by atoms with E-state index in [9.17, 15) is 9.59 Å².